The molecule has 1 amide bonds. The molecule has 0 spiro atoms. The molecule has 0 heterocycles. The molecule has 1 saturated carbocycles. The van der Waals surface area contributed by atoms with Crippen LogP contribution >= 0.6 is 0 Å². The van der Waals surface area contributed by atoms with E-state index in [-0.39, 0.29) is 17.8 Å². The Morgan fingerprint density at radius 3 is 2.25 bits per heavy atom. The lowest BCUT2D eigenvalue weighted by atomic mass is 9.95. The number of rotatable bonds is 6. The van der Waals surface area contributed by atoms with Crippen molar-refractivity contribution < 1.29 is 18.7 Å². The lowest BCUT2D eigenvalue weighted by molar-refractivity contribution is -0.122. The topological polar surface area (TPSA) is 67.4 Å². The van der Waals surface area contributed by atoms with E-state index in [1.165, 1.54) is 25.7 Å². The Hall–Kier alpha value is -2.89. The van der Waals surface area contributed by atoms with Crippen LogP contribution in [0.1, 0.15) is 54.1 Å². The molecule has 5 nitrogen and oxygen atoms in total. The minimum absolute atomic E-state index is 0.143. The van der Waals surface area contributed by atoms with Crippen molar-refractivity contribution in [3.8, 4) is 0 Å². The first kappa shape index (κ1) is 19.9. The van der Waals surface area contributed by atoms with Crippen LogP contribution in [0, 0.1) is 5.82 Å². The molecule has 148 valence electrons. The summed E-state index contributed by atoms with van der Waals surface area (Å²) in [5.74, 6) is -0.912. The van der Waals surface area contributed by atoms with Crippen LogP contribution in [0.3, 0.4) is 0 Å². The number of carbonyl (C=O) groups is 2. The Balaban J connectivity index is 1.78. The predicted molar refractivity (Wildman–Crippen MR) is 106 cm³/mol. The average Bonchev–Trinajstić information content (AvgIpc) is 2.73. The highest BCUT2D eigenvalue weighted by Crippen LogP contribution is 2.23. The highest BCUT2D eigenvalue weighted by molar-refractivity contribution is 5.90. The molecule has 2 aromatic carbocycles. The largest absolute Gasteiger partial charge is 0.465 e. The maximum Gasteiger partial charge on any atom is 0.337 e. The Morgan fingerprint density at radius 2 is 1.64 bits per heavy atom. The zero-order valence-corrected chi connectivity index (χ0v) is 15.9. The van der Waals surface area contributed by atoms with Crippen molar-refractivity contribution in [2.45, 2.75) is 44.2 Å². The number of carbonyl (C=O) groups excluding carboxylic acids is 2. The Bertz CT molecular complexity index is 800. The summed E-state index contributed by atoms with van der Waals surface area (Å²) in [5.41, 5.74) is 1.78. The van der Waals surface area contributed by atoms with Gasteiger partial charge in [0.1, 0.15) is 11.9 Å². The first-order valence-electron chi connectivity index (χ1n) is 9.57. The Kier molecular flexibility index (Phi) is 6.63. The van der Waals surface area contributed by atoms with Crippen molar-refractivity contribution in [3.05, 3.63) is 65.5 Å². The van der Waals surface area contributed by atoms with E-state index in [9.17, 15) is 14.0 Å². The molecule has 1 aliphatic rings. The smallest absolute Gasteiger partial charge is 0.337 e. The van der Waals surface area contributed by atoms with E-state index in [0.29, 0.717) is 16.8 Å². The average molecular weight is 384 g/mol. The quantitative estimate of drug-likeness (QED) is 0.732. The van der Waals surface area contributed by atoms with Gasteiger partial charge in [-0.25, -0.2) is 9.18 Å². The second kappa shape index (κ2) is 9.35. The number of halogens is 1. The molecule has 1 fully saturated rings. The molecular formula is C22H25FN2O3. The van der Waals surface area contributed by atoms with Crippen LogP contribution in [0.2, 0.25) is 0 Å². The number of hydrogen-bond donors (Lipinski definition) is 2. The molecule has 2 aromatic rings. The van der Waals surface area contributed by atoms with Gasteiger partial charge in [-0.1, -0.05) is 31.4 Å². The van der Waals surface area contributed by atoms with Crippen molar-refractivity contribution in [1.29, 1.82) is 0 Å². The van der Waals surface area contributed by atoms with Gasteiger partial charge in [-0.3, -0.25) is 4.79 Å². The van der Waals surface area contributed by atoms with Gasteiger partial charge in [0, 0.05) is 11.7 Å². The summed E-state index contributed by atoms with van der Waals surface area (Å²) in [4.78, 5) is 24.6. The third kappa shape index (κ3) is 5.09. The molecule has 0 radical (unpaired) electrons. The van der Waals surface area contributed by atoms with E-state index in [2.05, 4.69) is 10.6 Å². The van der Waals surface area contributed by atoms with Gasteiger partial charge in [0.2, 0.25) is 5.91 Å². The summed E-state index contributed by atoms with van der Waals surface area (Å²) < 4.78 is 18.0. The Labute approximate surface area is 164 Å². The van der Waals surface area contributed by atoms with Crippen LogP contribution in [-0.4, -0.2) is 25.0 Å². The monoisotopic (exact) mass is 384 g/mol. The molecule has 1 atom stereocenters. The van der Waals surface area contributed by atoms with Crippen molar-refractivity contribution in [2.75, 3.05) is 12.4 Å². The van der Waals surface area contributed by atoms with E-state index in [1.807, 2.05) is 0 Å². The van der Waals surface area contributed by atoms with E-state index >= 15 is 0 Å². The summed E-state index contributed by atoms with van der Waals surface area (Å²) in [6, 6.07) is 12.1. The fourth-order valence-electron chi connectivity index (χ4n) is 3.47. The highest BCUT2D eigenvalue weighted by atomic mass is 19.1. The second-order valence-electron chi connectivity index (χ2n) is 7.04. The number of benzene rings is 2. The number of esters is 1. The zero-order valence-electron chi connectivity index (χ0n) is 15.9. The minimum Gasteiger partial charge on any atom is -0.465 e. The first-order chi connectivity index (χ1) is 13.6. The van der Waals surface area contributed by atoms with Gasteiger partial charge in [0.25, 0.3) is 0 Å². The summed E-state index contributed by atoms with van der Waals surface area (Å²) in [7, 11) is 1.33. The summed E-state index contributed by atoms with van der Waals surface area (Å²) in [6.07, 6.45) is 5.41. The van der Waals surface area contributed by atoms with Gasteiger partial charge in [-0.15, -0.1) is 0 Å². The van der Waals surface area contributed by atoms with E-state index in [4.69, 9.17) is 4.74 Å². The molecule has 28 heavy (non-hydrogen) atoms. The van der Waals surface area contributed by atoms with Gasteiger partial charge >= 0.3 is 5.97 Å². The van der Waals surface area contributed by atoms with Crippen molar-refractivity contribution in [1.82, 2.24) is 5.32 Å². The van der Waals surface area contributed by atoms with Gasteiger partial charge in [0.05, 0.1) is 12.7 Å². The second-order valence-corrected chi connectivity index (χ2v) is 7.04. The SMILES string of the molecule is COC(=O)c1ccc(NC(C(=O)NC2CCCCC2)c2ccc(F)cc2)cc1. The van der Waals surface area contributed by atoms with Crippen LogP contribution in [0.15, 0.2) is 48.5 Å². The minimum atomic E-state index is -0.661. The fourth-order valence-corrected chi connectivity index (χ4v) is 3.47. The number of hydrogen-bond acceptors (Lipinski definition) is 4. The molecule has 6 heteroatoms. The molecule has 1 unspecified atom stereocenters. The number of nitrogens with one attached hydrogen (secondary N) is 2. The van der Waals surface area contributed by atoms with Gasteiger partial charge in [0.15, 0.2) is 0 Å². The summed E-state index contributed by atoms with van der Waals surface area (Å²) in [5, 5.41) is 6.32. The fraction of sp³-hybridized carbons (Fsp3) is 0.364. The third-order valence-corrected chi connectivity index (χ3v) is 5.03. The van der Waals surface area contributed by atoms with Crippen molar-refractivity contribution >= 4 is 17.6 Å². The molecule has 0 aromatic heterocycles. The van der Waals surface area contributed by atoms with Crippen LogP contribution < -0.4 is 10.6 Å². The molecule has 3 rings (SSSR count). The lowest BCUT2D eigenvalue weighted by Crippen LogP contribution is -2.41. The number of amides is 1. The first-order valence-corrected chi connectivity index (χ1v) is 9.57. The van der Waals surface area contributed by atoms with Gasteiger partial charge < -0.3 is 15.4 Å². The molecule has 0 saturated heterocycles. The van der Waals surface area contributed by atoms with Crippen LogP contribution in [0.25, 0.3) is 0 Å². The number of anilines is 1. The van der Waals surface area contributed by atoms with Crippen LogP contribution in [0.4, 0.5) is 10.1 Å². The summed E-state index contributed by atoms with van der Waals surface area (Å²) >= 11 is 0. The maximum atomic E-state index is 13.3. The molecule has 1 aliphatic carbocycles. The van der Waals surface area contributed by atoms with Crippen LogP contribution in [-0.2, 0) is 9.53 Å². The lowest BCUT2D eigenvalue weighted by Gasteiger charge is -2.26. The van der Waals surface area contributed by atoms with Gasteiger partial charge in [-0.2, -0.15) is 0 Å². The third-order valence-electron chi connectivity index (χ3n) is 5.03. The van der Waals surface area contributed by atoms with Crippen molar-refractivity contribution in [3.63, 3.8) is 0 Å². The highest BCUT2D eigenvalue weighted by Gasteiger charge is 2.24. The zero-order chi connectivity index (χ0) is 19.9. The predicted octanol–water partition coefficient (Wildman–Crippen LogP) is 4.21. The number of ether oxygens (including phenoxy) is 1. The maximum absolute atomic E-state index is 13.3. The van der Waals surface area contributed by atoms with Crippen molar-refractivity contribution in [2.24, 2.45) is 0 Å². The molecule has 0 aliphatic heterocycles. The number of methoxy groups -OCH3 is 1. The van der Waals surface area contributed by atoms with E-state index < -0.39 is 12.0 Å². The van der Waals surface area contributed by atoms with Crippen LogP contribution in [0.5, 0.6) is 0 Å². The van der Waals surface area contributed by atoms with E-state index in [0.717, 1.165) is 25.7 Å². The van der Waals surface area contributed by atoms with E-state index in [1.54, 1.807) is 36.4 Å². The standard InChI is InChI=1S/C22H25FN2O3/c1-28-22(27)16-9-13-19(14-10-16)24-20(15-7-11-17(23)12-8-15)21(26)25-18-5-3-2-4-6-18/h7-14,18,20,24H,2-6H2,1H3,(H,25,26). The van der Waals surface area contributed by atoms with Gasteiger partial charge in [-0.05, 0) is 54.8 Å². The Morgan fingerprint density at radius 1 is 1.00 bits per heavy atom. The summed E-state index contributed by atoms with van der Waals surface area (Å²) in [6.45, 7) is 0. The molecule has 0 bridgehead atoms. The normalized spacial score (nSPS) is 15.5. The molecular weight excluding hydrogens is 359 g/mol. The molecule has 2 N–H and O–H groups in total.